The highest BCUT2D eigenvalue weighted by molar-refractivity contribution is 5.76. The van der Waals surface area contributed by atoms with Gasteiger partial charge in [0.05, 0.1) is 6.33 Å². The lowest BCUT2D eigenvalue weighted by atomic mass is 9.73. The van der Waals surface area contributed by atoms with Crippen molar-refractivity contribution in [2.45, 2.75) is 51.6 Å². The largest absolute Gasteiger partial charge is 0.342 e. The fourth-order valence-corrected chi connectivity index (χ4v) is 5.03. The number of aromatic nitrogens is 2. The Morgan fingerprint density at radius 3 is 2.68 bits per heavy atom. The Balaban J connectivity index is 1.30. The summed E-state index contributed by atoms with van der Waals surface area (Å²) >= 11 is 0. The highest BCUT2D eigenvalue weighted by Gasteiger charge is 2.40. The van der Waals surface area contributed by atoms with Crippen molar-refractivity contribution in [3.8, 4) is 0 Å². The normalized spacial score (nSPS) is 23.2. The van der Waals surface area contributed by atoms with Crippen molar-refractivity contribution in [3.05, 3.63) is 54.6 Å². The molecule has 0 aliphatic carbocycles. The van der Waals surface area contributed by atoms with Crippen molar-refractivity contribution in [2.75, 3.05) is 26.2 Å². The summed E-state index contributed by atoms with van der Waals surface area (Å²) in [5.41, 5.74) is 1.69. The molecule has 1 aromatic carbocycles. The maximum absolute atomic E-state index is 12.8. The Kier molecular flexibility index (Phi) is 6.10. The number of hydrogen-bond acceptors (Lipinski definition) is 3. The van der Waals surface area contributed by atoms with Crippen LogP contribution in [0.1, 0.15) is 44.1 Å². The third kappa shape index (κ3) is 4.82. The van der Waals surface area contributed by atoms with Gasteiger partial charge >= 0.3 is 0 Å². The van der Waals surface area contributed by atoms with Gasteiger partial charge in [-0.05, 0) is 44.2 Å². The van der Waals surface area contributed by atoms with E-state index in [0.29, 0.717) is 17.7 Å². The van der Waals surface area contributed by atoms with Gasteiger partial charge in [-0.15, -0.1) is 0 Å². The maximum atomic E-state index is 12.8. The van der Waals surface area contributed by atoms with Crippen LogP contribution in [0.2, 0.25) is 0 Å². The lowest BCUT2D eigenvalue weighted by Crippen LogP contribution is -2.53. The minimum atomic E-state index is 0.297. The molecule has 2 aliphatic heterocycles. The van der Waals surface area contributed by atoms with Gasteiger partial charge in [-0.25, -0.2) is 4.98 Å². The van der Waals surface area contributed by atoms with Gasteiger partial charge in [0.1, 0.15) is 0 Å². The summed E-state index contributed by atoms with van der Waals surface area (Å²) in [4.78, 5) is 21.6. The lowest BCUT2D eigenvalue weighted by Gasteiger charge is -2.48. The molecule has 2 aromatic rings. The van der Waals surface area contributed by atoms with Crippen LogP contribution in [-0.2, 0) is 17.9 Å². The van der Waals surface area contributed by atoms with Gasteiger partial charge in [0, 0.05) is 57.0 Å². The number of hydrogen-bond donors (Lipinski definition) is 0. The molecule has 5 heteroatoms. The Morgan fingerprint density at radius 1 is 1.07 bits per heavy atom. The van der Waals surface area contributed by atoms with Crippen LogP contribution in [-0.4, -0.2) is 51.4 Å². The van der Waals surface area contributed by atoms with Gasteiger partial charge in [0.25, 0.3) is 0 Å². The average molecular weight is 381 g/mol. The lowest BCUT2D eigenvalue weighted by molar-refractivity contribution is -0.136. The second kappa shape index (κ2) is 8.91. The quantitative estimate of drug-likeness (QED) is 0.769. The predicted molar refractivity (Wildman–Crippen MR) is 111 cm³/mol. The molecule has 0 bridgehead atoms. The van der Waals surface area contributed by atoms with Crippen molar-refractivity contribution in [1.29, 1.82) is 0 Å². The van der Waals surface area contributed by atoms with Gasteiger partial charge in [0.2, 0.25) is 5.91 Å². The summed E-state index contributed by atoms with van der Waals surface area (Å²) in [5, 5.41) is 0. The van der Waals surface area contributed by atoms with Crippen LogP contribution >= 0.6 is 0 Å². The number of likely N-dealkylation sites (tertiary alicyclic amines) is 2. The fraction of sp³-hybridized carbons (Fsp3) is 0.565. The zero-order valence-corrected chi connectivity index (χ0v) is 16.8. The molecule has 2 fully saturated rings. The molecule has 1 unspecified atom stereocenters. The van der Waals surface area contributed by atoms with Gasteiger partial charge in [-0.2, -0.15) is 0 Å². The molecular weight excluding hydrogens is 348 g/mol. The molecule has 2 aliphatic rings. The van der Waals surface area contributed by atoms with Gasteiger partial charge in [0.15, 0.2) is 0 Å². The molecule has 1 amide bonds. The van der Waals surface area contributed by atoms with Crippen molar-refractivity contribution < 1.29 is 4.79 Å². The smallest absolute Gasteiger partial charge is 0.222 e. The third-order valence-corrected chi connectivity index (χ3v) is 6.37. The van der Waals surface area contributed by atoms with Crippen LogP contribution in [0.4, 0.5) is 0 Å². The number of aryl methyl sites for hydroxylation is 1. The van der Waals surface area contributed by atoms with Gasteiger partial charge < -0.3 is 9.47 Å². The maximum Gasteiger partial charge on any atom is 0.222 e. The van der Waals surface area contributed by atoms with Crippen LogP contribution in [0, 0.1) is 5.41 Å². The van der Waals surface area contributed by atoms with E-state index in [1.807, 2.05) is 17.1 Å². The summed E-state index contributed by atoms with van der Waals surface area (Å²) in [7, 11) is 0. The highest BCUT2D eigenvalue weighted by atomic mass is 16.2. The topological polar surface area (TPSA) is 41.4 Å². The second-order valence-electron chi connectivity index (χ2n) is 8.62. The summed E-state index contributed by atoms with van der Waals surface area (Å²) in [6, 6.07) is 10.8. The van der Waals surface area contributed by atoms with Crippen LogP contribution in [0.25, 0.3) is 0 Å². The van der Waals surface area contributed by atoms with Gasteiger partial charge in [-0.3, -0.25) is 9.69 Å². The van der Waals surface area contributed by atoms with E-state index in [2.05, 4.69) is 45.1 Å². The molecule has 1 spiro atoms. The summed E-state index contributed by atoms with van der Waals surface area (Å²) < 4.78 is 2.05. The van der Waals surface area contributed by atoms with E-state index >= 15 is 0 Å². The molecule has 28 heavy (non-hydrogen) atoms. The van der Waals surface area contributed by atoms with Crippen LogP contribution in [0.5, 0.6) is 0 Å². The van der Waals surface area contributed by atoms with Crippen LogP contribution in [0.3, 0.4) is 0 Å². The minimum Gasteiger partial charge on any atom is -0.342 e. The monoisotopic (exact) mass is 380 g/mol. The molecule has 0 saturated carbocycles. The predicted octanol–water partition coefficient (Wildman–Crippen LogP) is 3.57. The third-order valence-electron chi connectivity index (χ3n) is 6.37. The minimum absolute atomic E-state index is 0.297. The standard InChI is InChI=1S/C23H32N4O/c28-22(9-4-13-25-16-12-24-20-25)27-15-6-11-23(19-27)10-5-14-26(18-23)17-21-7-2-1-3-8-21/h1-3,7-8,12,16,20H,4-6,9-11,13-15,17-19H2. The number of nitrogens with zero attached hydrogens (tertiary/aromatic N) is 4. The summed E-state index contributed by atoms with van der Waals surface area (Å²) in [6.07, 6.45) is 12.0. The van der Waals surface area contributed by atoms with E-state index in [1.165, 1.54) is 31.4 Å². The van der Waals surface area contributed by atoms with E-state index in [0.717, 1.165) is 45.6 Å². The number of imidazole rings is 1. The SMILES string of the molecule is O=C(CCCn1ccnc1)N1CCCC2(CCCN(Cc3ccccc3)C2)C1. The van der Waals surface area contributed by atoms with Crippen molar-refractivity contribution in [1.82, 2.24) is 19.4 Å². The Morgan fingerprint density at radius 2 is 1.89 bits per heavy atom. The van der Waals surface area contributed by atoms with Gasteiger partial charge in [-0.1, -0.05) is 30.3 Å². The second-order valence-corrected chi connectivity index (χ2v) is 8.62. The first-order valence-corrected chi connectivity index (χ1v) is 10.7. The van der Waals surface area contributed by atoms with E-state index in [-0.39, 0.29) is 0 Å². The van der Waals surface area contributed by atoms with Crippen molar-refractivity contribution in [3.63, 3.8) is 0 Å². The fourth-order valence-electron chi connectivity index (χ4n) is 5.03. The number of rotatable bonds is 6. The molecule has 1 atom stereocenters. The molecule has 4 rings (SSSR count). The Hall–Kier alpha value is -2.14. The first-order chi connectivity index (χ1) is 13.7. The van der Waals surface area contributed by atoms with Crippen molar-refractivity contribution in [2.24, 2.45) is 5.41 Å². The molecule has 3 heterocycles. The highest BCUT2D eigenvalue weighted by Crippen LogP contribution is 2.39. The molecule has 2 saturated heterocycles. The number of benzene rings is 1. The summed E-state index contributed by atoms with van der Waals surface area (Å²) in [6.45, 7) is 6.08. The molecule has 1 aromatic heterocycles. The molecule has 0 N–H and O–H groups in total. The van der Waals surface area contributed by atoms with E-state index in [9.17, 15) is 4.79 Å². The number of carbonyl (C=O) groups is 1. The average Bonchev–Trinajstić information content (AvgIpc) is 3.22. The molecule has 5 nitrogen and oxygen atoms in total. The van der Waals surface area contributed by atoms with E-state index in [4.69, 9.17) is 0 Å². The van der Waals surface area contributed by atoms with E-state index < -0.39 is 0 Å². The summed E-state index contributed by atoms with van der Waals surface area (Å²) in [5.74, 6) is 0.333. The van der Waals surface area contributed by atoms with E-state index in [1.54, 1.807) is 6.20 Å². The van der Waals surface area contributed by atoms with Crippen molar-refractivity contribution >= 4 is 5.91 Å². The molecule has 150 valence electrons. The zero-order valence-electron chi connectivity index (χ0n) is 16.8. The molecule has 0 radical (unpaired) electrons. The Labute approximate surface area is 168 Å². The Bertz CT molecular complexity index is 741. The molecular formula is C23H32N4O. The number of piperidine rings is 2. The van der Waals surface area contributed by atoms with Crippen LogP contribution < -0.4 is 0 Å². The first-order valence-electron chi connectivity index (χ1n) is 10.7. The zero-order chi connectivity index (χ0) is 19.2. The van der Waals surface area contributed by atoms with Crippen LogP contribution in [0.15, 0.2) is 49.1 Å². The number of carbonyl (C=O) groups excluding carboxylic acids is 1. The number of amides is 1. The first kappa shape index (κ1) is 19.2.